The smallest absolute Gasteiger partial charge is 0.220 e. The van der Waals surface area contributed by atoms with Crippen LogP contribution in [-0.4, -0.2) is 23.3 Å². The summed E-state index contributed by atoms with van der Waals surface area (Å²) in [7, 11) is 0. The number of allylic oxidation sites excluding steroid dienone is 1. The van der Waals surface area contributed by atoms with Gasteiger partial charge >= 0.3 is 0 Å². The Morgan fingerprint density at radius 3 is 2.69 bits per heavy atom. The maximum atomic E-state index is 12.4. The molecule has 0 unspecified atom stereocenters. The van der Waals surface area contributed by atoms with Gasteiger partial charge in [-0.15, -0.1) is 0 Å². The van der Waals surface area contributed by atoms with E-state index in [2.05, 4.69) is 42.5 Å². The van der Waals surface area contributed by atoms with Crippen LogP contribution in [0.4, 0.5) is 0 Å². The average Bonchev–Trinajstić information content (AvgIpc) is 2.60. The van der Waals surface area contributed by atoms with Crippen LogP contribution in [0.2, 0.25) is 0 Å². The lowest BCUT2D eigenvalue weighted by molar-refractivity contribution is -0.122. The third kappa shape index (κ3) is 5.97. The maximum absolute atomic E-state index is 12.4. The van der Waals surface area contributed by atoms with Crippen LogP contribution in [0.15, 0.2) is 36.2 Å². The number of rotatable bonds is 7. The summed E-state index contributed by atoms with van der Waals surface area (Å²) in [6.07, 6.45) is 7.27. The van der Waals surface area contributed by atoms with Crippen LogP contribution in [0, 0.1) is 23.7 Å². The minimum Gasteiger partial charge on any atom is -0.356 e. The van der Waals surface area contributed by atoms with E-state index in [0.717, 1.165) is 12.0 Å². The van der Waals surface area contributed by atoms with Gasteiger partial charge in [-0.05, 0) is 48.6 Å². The molecule has 142 valence electrons. The van der Waals surface area contributed by atoms with Crippen LogP contribution in [0.1, 0.15) is 46.1 Å². The number of carbonyl (C=O) groups is 2. The van der Waals surface area contributed by atoms with Crippen LogP contribution >= 0.6 is 0 Å². The van der Waals surface area contributed by atoms with Crippen LogP contribution in [0.5, 0.6) is 0 Å². The SMILES string of the molecule is CC(=O)NC[C@@H]1C=C(C)[C@H](CC(=O)NCc2cccnc2)C[C@H]1C(C)C. The van der Waals surface area contributed by atoms with Crippen molar-refractivity contribution in [3.05, 3.63) is 41.7 Å². The first kappa shape index (κ1) is 20.1. The van der Waals surface area contributed by atoms with Gasteiger partial charge in [0.2, 0.25) is 11.8 Å². The molecule has 2 N–H and O–H groups in total. The van der Waals surface area contributed by atoms with Crippen LogP contribution < -0.4 is 10.6 Å². The molecule has 1 aliphatic rings. The van der Waals surface area contributed by atoms with Gasteiger partial charge in [0.15, 0.2) is 0 Å². The fourth-order valence-electron chi connectivity index (χ4n) is 3.77. The quantitative estimate of drug-likeness (QED) is 0.737. The number of hydrogen-bond acceptors (Lipinski definition) is 3. The molecule has 2 rings (SSSR count). The Bertz CT molecular complexity index is 640. The van der Waals surface area contributed by atoms with E-state index in [1.165, 1.54) is 5.57 Å². The van der Waals surface area contributed by atoms with Gasteiger partial charge < -0.3 is 10.6 Å². The predicted molar refractivity (Wildman–Crippen MR) is 103 cm³/mol. The summed E-state index contributed by atoms with van der Waals surface area (Å²) in [5, 5.41) is 5.95. The molecule has 0 spiro atoms. The highest BCUT2D eigenvalue weighted by molar-refractivity contribution is 5.76. The number of amides is 2. The second-order valence-electron chi connectivity index (χ2n) is 7.69. The lowest BCUT2D eigenvalue weighted by Crippen LogP contribution is -2.37. The van der Waals surface area contributed by atoms with E-state index >= 15 is 0 Å². The molecule has 0 radical (unpaired) electrons. The normalized spacial score (nSPS) is 22.7. The number of carbonyl (C=O) groups excluding carboxylic acids is 2. The summed E-state index contributed by atoms with van der Waals surface area (Å²) < 4.78 is 0. The molecule has 1 aromatic heterocycles. The first-order valence-electron chi connectivity index (χ1n) is 9.45. The summed E-state index contributed by atoms with van der Waals surface area (Å²) in [4.78, 5) is 27.7. The molecule has 0 saturated heterocycles. The van der Waals surface area contributed by atoms with E-state index in [0.29, 0.717) is 37.3 Å². The average molecular weight is 357 g/mol. The van der Waals surface area contributed by atoms with Crippen molar-refractivity contribution in [3.8, 4) is 0 Å². The van der Waals surface area contributed by atoms with Gasteiger partial charge in [0.1, 0.15) is 0 Å². The van der Waals surface area contributed by atoms with E-state index in [-0.39, 0.29) is 17.7 Å². The second-order valence-corrected chi connectivity index (χ2v) is 7.69. The summed E-state index contributed by atoms with van der Waals surface area (Å²) in [5.41, 5.74) is 2.26. The summed E-state index contributed by atoms with van der Waals surface area (Å²) in [6.45, 7) is 9.30. The first-order valence-corrected chi connectivity index (χ1v) is 9.45. The largest absolute Gasteiger partial charge is 0.356 e. The standard InChI is InChI=1S/C21H31N3O2/c1-14(2)20-9-18(15(3)8-19(20)13-23-16(4)25)10-21(26)24-12-17-6-5-7-22-11-17/h5-8,11,14,18-20H,9-10,12-13H2,1-4H3,(H,23,25)(H,24,26)/t18-,19-,20-/m0/s1. The molecular weight excluding hydrogens is 326 g/mol. The molecule has 0 fully saturated rings. The Kier molecular flexibility index (Phi) is 7.37. The van der Waals surface area contributed by atoms with Gasteiger partial charge in [-0.25, -0.2) is 0 Å². The molecule has 0 bridgehead atoms. The van der Waals surface area contributed by atoms with Crippen molar-refractivity contribution in [3.63, 3.8) is 0 Å². The van der Waals surface area contributed by atoms with Gasteiger partial charge in [-0.1, -0.05) is 31.6 Å². The number of aromatic nitrogens is 1. The lowest BCUT2D eigenvalue weighted by Gasteiger charge is -2.37. The molecular formula is C21H31N3O2. The molecule has 1 heterocycles. The Morgan fingerprint density at radius 1 is 1.31 bits per heavy atom. The Labute approximate surface area is 156 Å². The van der Waals surface area contributed by atoms with Gasteiger partial charge in [-0.3, -0.25) is 14.6 Å². The van der Waals surface area contributed by atoms with E-state index in [4.69, 9.17) is 0 Å². The molecule has 5 nitrogen and oxygen atoms in total. The fourth-order valence-corrected chi connectivity index (χ4v) is 3.77. The molecule has 0 saturated carbocycles. The minimum atomic E-state index is 0.00969. The molecule has 2 amide bonds. The van der Waals surface area contributed by atoms with Gasteiger partial charge in [0.05, 0.1) is 0 Å². The maximum Gasteiger partial charge on any atom is 0.220 e. The zero-order chi connectivity index (χ0) is 19.1. The third-order valence-electron chi connectivity index (χ3n) is 5.31. The highest BCUT2D eigenvalue weighted by Crippen LogP contribution is 2.38. The van der Waals surface area contributed by atoms with Gasteiger partial charge in [0, 0.05) is 38.8 Å². The summed E-state index contributed by atoms with van der Waals surface area (Å²) >= 11 is 0. The molecule has 5 heteroatoms. The predicted octanol–water partition coefficient (Wildman–Crippen LogP) is 3.08. The summed E-state index contributed by atoms with van der Waals surface area (Å²) in [6, 6.07) is 3.83. The van der Waals surface area contributed by atoms with E-state index in [1.807, 2.05) is 12.1 Å². The molecule has 1 aromatic rings. The Morgan fingerprint density at radius 2 is 2.08 bits per heavy atom. The highest BCUT2D eigenvalue weighted by Gasteiger charge is 2.32. The van der Waals surface area contributed by atoms with Crippen LogP contribution in [0.3, 0.4) is 0 Å². The molecule has 0 aromatic carbocycles. The molecule has 0 aliphatic heterocycles. The zero-order valence-corrected chi connectivity index (χ0v) is 16.3. The minimum absolute atomic E-state index is 0.00969. The highest BCUT2D eigenvalue weighted by atomic mass is 16.2. The van der Waals surface area contributed by atoms with E-state index in [9.17, 15) is 9.59 Å². The van der Waals surface area contributed by atoms with Crippen molar-refractivity contribution in [2.75, 3.05) is 6.54 Å². The lowest BCUT2D eigenvalue weighted by atomic mass is 9.69. The van der Waals surface area contributed by atoms with Crippen molar-refractivity contribution >= 4 is 11.8 Å². The number of nitrogens with one attached hydrogen (secondary N) is 2. The molecule has 26 heavy (non-hydrogen) atoms. The Balaban J connectivity index is 1.94. The van der Waals surface area contributed by atoms with E-state index < -0.39 is 0 Å². The second kappa shape index (κ2) is 9.51. The van der Waals surface area contributed by atoms with Crippen LogP contribution in [0.25, 0.3) is 0 Å². The fraction of sp³-hybridized carbons (Fsp3) is 0.571. The Hall–Kier alpha value is -2.17. The topological polar surface area (TPSA) is 71.1 Å². The van der Waals surface area contributed by atoms with Crippen molar-refractivity contribution in [2.45, 2.75) is 47.1 Å². The molecule has 1 aliphatic carbocycles. The van der Waals surface area contributed by atoms with Gasteiger partial charge in [-0.2, -0.15) is 0 Å². The van der Waals surface area contributed by atoms with Crippen molar-refractivity contribution < 1.29 is 9.59 Å². The van der Waals surface area contributed by atoms with Crippen molar-refractivity contribution in [2.24, 2.45) is 23.7 Å². The first-order chi connectivity index (χ1) is 12.4. The number of nitrogens with zero attached hydrogens (tertiary/aromatic N) is 1. The van der Waals surface area contributed by atoms with Gasteiger partial charge in [0.25, 0.3) is 0 Å². The number of pyridine rings is 1. The van der Waals surface area contributed by atoms with Crippen molar-refractivity contribution in [1.29, 1.82) is 0 Å². The third-order valence-corrected chi connectivity index (χ3v) is 5.31. The monoisotopic (exact) mass is 357 g/mol. The summed E-state index contributed by atoms with van der Waals surface area (Å²) in [5.74, 6) is 1.68. The zero-order valence-electron chi connectivity index (χ0n) is 16.3. The van der Waals surface area contributed by atoms with Crippen LogP contribution in [-0.2, 0) is 16.1 Å². The van der Waals surface area contributed by atoms with Crippen molar-refractivity contribution in [1.82, 2.24) is 15.6 Å². The van der Waals surface area contributed by atoms with E-state index in [1.54, 1.807) is 19.3 Å². The number of hydrogen-bond donors (Lipinski definition) is 2. The molecule has 3 atom stereocenters.